The summed E-state index contributed by atoms with van der Waals surface area (Å²) in [7, 11) is 0. The molecule has 0 N–H and O–H groups in total. The molecule has 0 aliphatic rings. The van der Waals surface area contributed by atoms with E-state index in [1.165, 1.54) is 30.3 Å². The number of nitro groups is 1. The van der Waals surface area contributed by atoms with E-state index in [1.807, 2.05) is 0 Å². The Morgan fingerprint density at radius 1 is 0.939 bits per heavy atom. The number of benzene rings is 1. The first-order chi connectivity index (χ1) is 15.5. The van der Waals surface area contributed by atoms with E-state index < -0.39 is 53.7 Å². The van der Waals surface area contributed by atoms with Gasteiger partial charge < -0.3 is 18.9 Å². The zero-order valence-electron chi connectivity index (χ0n) is 18.3. The topological polar surface area (TPSA) is 173 Å². The minimum Gasteiger partial charge on any atom is -0.462 e. The number of hydrogen-bond donors (Lipinski definition) is 0. The van der Waals surface area contributed by atoms with Crippen LogP contribution in [0.1, 0.15) is 27.7 Å². The zero-order chi connectivity index (χ0) is 25.0. The van der Waals surface area contributed by atoms with Gasteiger partial charge in [0.1, 0.15) is 6.61 Å². The molecule has 178 valence electrons. The number of rotatable bonds is 11. The first-order valence-electron chi connectivity index (χ1n) is 9.46. The molecule has 3 atom stereocenters. The second kappa shape index (κ2) is 13.3. The molecule has 0 aliphatic heterocycles. The van der Waals surface area contributed by atoms with Gasteiger partial charge in [-0.1, -0.05) is 0 Å². The highest BCUT2D eigenvalue weighted by atomic mass is 16.6. The van der Waals surface area contributed by atoms with Crippen LogP contribution >= 0.6 is 0 Å². The fourth-order valence-corrected chi connectivity index (χ4v) is 2.43. The van der Waals surface area contributed by atoms with Crippen molar-refractivity contribution in [3.05, 3.63) is 46.7 Å². The van der Waals surface area contributed by atoms with Crippen LogP contribution in [0.2, 0.25) is 0 Å². The molecule has 0 heterocycles. The summed E-state index contributed by atoms with van der Waals surface area (Å²) in [6.07, 6.45) is -1.62. The molecule has 0 spiro atoms. The molecule has 1 aromatic carbocycles. The van der Waals surface area contributed by atoms with Crippen molar-refractivity contribution in [2.24, 2.45) is 10.2 Å². The summed E-state index contributed by atoms with van der Waals surface area (Å²) in [6, 6.07) is 5.23. The highest BCUT2D eigenvalue weighted by Crippen LogP contribution is 2.19. The summed E-state index contributed by atoms with van der Waals surface area (Å²) in [5.41, 5.74) is 0.186. The van der Waals surface area contributed by atoms with Gasteiger partial charge in [-0.05, 0) is 18.2 Å². The third kappa shape index (κ3) is 10.6. The highest BCUT2D eigenvalue weighted by molar-refractivity contribution is 5.69. The van der Waals surface area contributed by atoms with Crippen LogP contribution in [0.4, 0.5) is 11.4 Å². The van der Waals surface area contributed by atoms with Crippen molar-refractivity contribution < 1.29 is 43.0 Å². The number of ether oxygens (including phenoxy) is 4. The minimum absolute atomic E-state index is 0.118. The molecule has 0 bridgehead atoms. The number of nitro benzene ring substituents is 1. The van der Waals surface area contributed by atoms with Crippen molar-refractivity contribution in [1.29, 1.82) is 0 Å². The van der Waals surface area contributed by atoms with Gasteiger partial charge in [0.2, 0.25) is 0 Å². The highest BCUT2D eigenvalue weighted by Gasteiger charge is 2.36. The van der Waals surface area contributed by atoms with Gasteiger partial charge in [0.25, 0.3) is 5.69 Å². The Balaban J connectivity index is 3.15. The van der Waals surface area contributed by atoms with Crippen LogP contribution in [0.15, 0.2) is 46.8 Å². The lowest BCUT2D eigenvalue weighted by atomic mass is 10.1. The van der Waals surface area contributed by atoms with E-state index in [1.54, 1.807) is 0 Å². The van der Waals surface area contributed by atoms with E-state index in [0.717, 1.165) is 33.9 Å². The molecular weight excluding hydrogens is 442 g/mol. The van der Waals surface area contributed by atoms with E-state index in [9.17, 15) is 29.3 Å². The first-order valence-corrected chi connectivity index (χ1v) is 9.46. The fraction of sp³-hybridized carbons (Fsp3) is 0.400. The van der Waals surface area contributed by atoms with Gasteiger partial charge in [0.15, 0.2) is 18.3 Å². The number of azo groups is 1. The van der Waals surface area contributed by atoms with Crippen molar-refractivity contribution >= 4 is 35.3 Å². The third-order valence-electron chi connectivity index (χ3n) is 3.64. The van der Waals surface area contributed by atoms with Crippen molar-refractivity contribution in [3.8, 4) is 0 Å². The van der Waals surface area contributed by atoms with Gasteiger partial charge in [-0.3, -0.25) is 29.3 Å². The standard InChI is InChI=1S/C20H23N3O10/c1-12(24)30-11-19(32-14(3)26)20(33-15(4)27)18(31-13(2)25)9-10-21-22-16-5-7-17(8-6-16)23(28)29/h5-10,18-20H,11H2,1-4H3/b10-9+,22-21?/t18-,19-,20+/m1/s1. The Morgan fingerprint density at radius 3 is 2.00 bits per heavy atom. The number of carbonyl (C=O) groups excluding carboxylic acids is 4. The van der Waals surface area contributed by atoms with E-state index in [4.69, 9.17) is 18.9 Å². The first kappa shape index (κ1) is 26.9. The largest absolute Gasteiger partial charge is 0.462 e. The molecule has 13 nitrogen and oxygen atoms in total. The number of carbonyl (C=O) groups is 4. The number of nitrogens with zero attached hydrogens (tertiary/aromatic N) is 3. The van der Waals surface area contributed by atoms with Gasteiger partial charge in [-0.2, -0.15) is 10.2 Å². The number of non-ortho nitro benzene ring substituents is 1. The van der Waals surface area contributed by atoms with Crippen LogP contribution < -0.4 is 0 Å². The van der Waals surface area contributed by atoms with Crippen molar-refractivity contribution in [1.82, 2.24) is 0 Å². The quantitative estimate of drug-likeness (QED) is 0.155. The third-order valence-corrected chi connectivity index (χ3v) is 3.64. The van der Waals surface area contributed by atoms with Crippen LogP contribution in [-0.2, 0) is 38.1 Å². The smallest absolute Gasteiger partial charge is 0.303 e. The molecule has 0 fully saturated rings. The summed E-state index contributed by atoms with van der Waals surface area (Å²) < 4.78 is 20.3. The normalized spacial score (nSPS) is 13.7. The summed E-state index contributed by atoms with van der Waals surface area (Å²) in [5, 5.41) is 18.3. The summed E-state index contributed by atoms with van der Waals surface area (Å²) in [5.74, 6) is -2.96. The Kier molecular flexibility index (Phi) is 10.8. The van der Waals surface area contributed by atoms with Crippen LogP contribution in [0.5, 0.6) is 0 Å². The molecule has 1 aromatic rings. The number of hydrogen-bond acceptors (Lipinski definition) is 12. The molecule has 0 saturated heterocycles. The average Bonchev–Trinajstić information content (AvgIpc) is 2.71. The maximum absolute atomic E-state index is 11.6. The predicted octanol–water partition coefficient (Wildman–Crippen LogP) is 2.55. The van der Waals surface area contributed by atoms with Crippen LogP contribution in [0.25, 0.3) is 0 Å². The van der Waals surface area contributed by atoms with Crippen LogP contribution in [-0.4, -0.2) is 53.7 Å². The zero-order valence-corrected chi connectivity index (χ0v) is 18.3. The van der Waals surface area contributed by atoms with Gasteiger partial charge in [-0.25, -0.2) is 0 Å². The second-order valence-electron chi connectivity index (χ2n) is 6.43. The van der Waals surface area contributed by atoms with Gasteiger partial charge in [0, 0.05) is 46.0 Å². The van der Waals surface area contributed by atoms with E-state index in [0.29, 0.717) is 5.69 Å². The molecule has 0 aliphatic carbocycles. The molecule has 1 rings (SSSR count). The Hall–Kier alpha value is -4.16. The molecule has 0 aromatic heterocycles. The SMILES string of the molecule is CC(=O)OC[C@@H](OC(C)=O)[C@@H](OC(C)=O)[C@@H](/C=C/N=Nc1ccc([N+](=O)[O-])cc1)OC(C)=O. The maximum atomic E-state index is 11.6. The van der Waals surface area contributed by atoms with E-state index in [-0.39, 0.29) is 5.69 Å². The molecule has 13 heteroatoms. The Labute approximate surface area is 188 Å². The van der Waals surface area contributed by atoms with Gasteiger partial charge in [-0.15, -0.1) is 0 Å². The monoisotopic (exact) mass is 465 g/mol. The molecule has 0 amide bonds. The molecule has 0 saturated carbocycles. The molecular formula is C20H23N3O10. The van der Waals surface area contributed by atoms with Gasteiger partial charge in [0.05, 0.1) is 10.6 Å². The summed E-state index contributed by atoms with van der Waals surface area (Å²) in [6.45, 7) is 3.96. The molecule has 0 radical (unpaired) electrons. The Morgan fingerprint density at radius 2 is 1.52 bits per heavy atom. The van der Waals surface area contributed by atoms with E-state index in [2.05, 4.69) is 10.2 Å². The fourth-order valence-electron chi connectivity index (χ4n) is 2.43. The number of esters is 4. The predicted molar refractivity (Wildman–Crippen MR) is 110 cm³/mol. The maximum Gasteiger partial charge on any atom is 0.303 e. The lowest BCUT2D eigenvalue weighted by Crippen LogP contribution is -2.46. The van der Waals surface area contributed by atoms with Crippen LogP contribution in [0, 0.1) is 10.1 Å². The summed E-state index contributed by atoms with van der Waals surface area (Å²) in [4.78, 5) is 56.1. The Bertz CT molecular complexity index is 927. The second-order valence-corrected chi connectivity index (χ2v) is 6.43. The van der Waals surface area contributed by atoms with Gasteiger partial charge >= 0.3 is 23.9 Å². The average molecular weight is 465 g/mol. The lowest BCUT2D eigenvalue weighted by molar-refractivity contribution is -0.384. The van der Waals surface area contributed by atoms with Crippen LogP contribution in [0.3, 0.4) is 0 Å². The molecule has 0 unspecified atom stereocenters. The van der Waals surface area contributed by atoms with E-state index >= 15 is 0 Å². The van der Waals surface area contributed by atoms with Crippen molar-refractivity contribution in [3.63, 3.8) is 0 Å². The lowest BCUT2D eigenvalue weighted by Gasteiger charge is -2.30. The molecule has 33 heavy (non-hydrogen) atoms. The van der Waals surface area contributed by atoms with Crippen molar-refractivity contribution in [2.45, 2.75) is 46.0 Å². The minimum atomic E-state index is -1.37. The van der Waals surface area contributed by atoms with Crippen molar-refractivity contribution in [2.75, 3.05) is 6.61 Å². The summed E-state index contributed by atoms with van der Waals surface area (Å²) >= 11 is 0.